The SMILES string of the molecule is CC(Cl)C(=O)c1ccc(F)cc1F. The molecule has 0 aliphatic heterocycles. The molecule has 1 aromatic carbocycles. The number of Topliss-reactive ketones (excluding diaryl/α,β-unsaturated/α-hetero) is 1. The van der Waals surface area contributed by atoms with Gasteiger partial charge < -0.3 is 0 Å². The highest BCUT2D eigenvalue weighted by Crippen LogP contribution is 2.13. The van der Waals surface area contributed by atoms with Crippen molar-refractivity contribution in [2.75, 3.05) is 0 Å². The third-order valence-corrected chi connectivity index (χ3v) is 1.76. The largest absolute Gasteiger partial charge is 0.292 e. The van der Waals surface area contributed by atoms with Crippen LogP contribution in [0.1, 0.15) is 17.3 Å². The second kappa shape index (κ2) is 3.83. The van der Waals surface area contributed by atoms with Gasteiger partial charge in [-0.1, -0.05) is 0 Å². The van der Waals surface area contributed by atoms with Crippen molar-refractivity contribution in [3.63, 3.8) is 0 Å². The molecular formula is C9H7ClF2O. The van der Waals surface area contributed by atoms with E-state index in [9.17, 15) is 13.6 Å². The molecule has 1 aromatic rings. The molecule has 0 aromatic heterocycles. The molecule has 1 rings (SSSR count). The fourth-order valence-electron chi connectivity index (χ4n) is 0.904. The number of rotatable bonds is 2. The number of hydrogen-bond donors (Lipinski definition) is 0. The van der Waals surface area contributed by atoms with Crippen LogP contribution in [-0.4, -0.2) is 11.2 Å². The molecule has 1 unspecified atom stereocenters. The van der Waals surface area contributed by atoms with Crippen molar-refractivity contribution in [1.29, 1.82) is 0 Å². The second-order valence-corrected chi connectivity index (χ2v) is 3.26. The van der Waals surface area contributed by atoms with Gasteiger partial charge in [0, 0.05) is 6.07 Å². The van der Waals surface area contributed by atoms with Crippen molar-refractivity contribution in [2.45, 2.75) is 12.3 Å². The first-order valence-electron chi connectivity index (χ1n) is 3.65. The van der Waals surface area contributed by atoms with Crippen LogP contribution in [0, 0.1) is 11.6 Å². The molecular weight excluding hydrogens is 198 g/mol. The summed E-state index contributed by atoms with van der Waals surface area (Å²) in [5, 5.41) is -0.806. The summed E-state index contributed by atoms with van der Waals surface area (Å²) in [6, 6.07) is 2.77. The highest BCUT2D eigenvalue weighted by molar-refractivity contribution is 6.33. The molecule has 0 N–H and O–H groups in total. The summed E-state index contributed by atoms with van der Waals surface area (Å²) in [6.07, 6.45) is 0. The van der Waals surface area contributed by atoms with E-state index in [1.807, 2.05) is 0 Å². The van der Waals surface area contributed by atoms with E-state index in [0.717, 1.165) is 12.1 Å². The normalized spacial score (nSPS) is 12.6. The molecule has 4 heteroatoms. The van der Waals surface area contributed by atoms with Crippen LogP contribution in [0.5, 0.6) is 0 Å². The third-order valence-electron chi connectivity index (χ3n) is 1.56. The van der Waals surface area contributed by atoms with E-state index >= 15 is 0 Å². The van der Waals surface area contributed by atoms with Crippen molar-refractivity contribution >= 4 is 17.4 Å². The van der Waals surface area contributed by atoms with E-state index in [0.29, 0.717) is 6.07 Å². The summed E-state index contributed by atoms with van der Waals surface area (Å²) in [5.74, 6) is -2.13. The lowest BCUT2D eigenvalue weighted by Crippen LogP contribution is -2.12. The Morgan fingerprint density at radius 3 is 2.54 bits per heavy atom. The molecule has 0 aliphatic rings. The van der Waals surface area contributed by atoms with Crippen LogP contribution in [0.25, 0.3) is 0 Å². The Morgan fingerprint density at radius 2 is 2.08 bits per heavy atom. The van der Waals surface area contributed by atoms with Crippen molar-refractivity contribution in [2.24, 2.45) is 0 Å². The lowest BCUT2D eigenvalue weighted by Gasteiger charge is -2.03. The molecule has 1 atom stereocenters. The molecule has 0 amide bonds. The predicted molar refractivity (Wildman–Crippen MR) is 46.0 cm³/mol. The van der Waals surface area contributed by atoms with Gasteiger partial charge in [-0.3, -0.25) is 4.79 Å². The van der Waals surface area contributed by atoms with E-state index < -0.39 is 22.8 Å². The average Bonchev–Trinajstić information content (AvgIpc) is 2.03. The summed E-state index contributed by atoms with van der Waals surface area (Å²) in [6.45, 7) is 1.44. The zero-order valence-corrected chi connectivity index (χ0v) is 7.61. The zero-order valence-electron chi connectivity index (χ0n) is 6.85. The Balaban J connectivity index is 3.09. The number of carbonyl (C=O) groups excluding carboxylic acids is 1. The van der Waals surface area contributed by atoms with E-state index in [1.54, 1.807) is 0 Å². The second-order valence-electron chi connectivity index (χ2n) is 2.60. The predicted octanol–water partition coefficient (Wildman–Crippen LogP) is 2.77. The van der Waals surface area contributed by atoms with Gasteiger partial charge in [0.1, 0.15) is 11.6 Å². The maximum absolute atomic E-state index is 12.9. The third kappa shape index (κ3) is 2.25. The van der Waals surface area contributed by atoms with Crippen LogP contribution in [0.15, 0.2) is 18.2 Å². The summed E-state index contributed by atoms with van der Waals surface area (Å²) < 4.78 is 25.4. The fraction of sp³-hybridized carbons (Fsp3) is 0.222. The Kier molecular flexibility index (Phi) is 2.98. The van der Waals surface area contributed by atoms with E-state index in [4.69, 9.17) is 11.6 Å². The Bertz CT molecular complexity index is 336. The van der Waals surface area contributed by atoms with E-state index in [-0.39, 0.29) is 5.56 Å². The van der Waals surface area contributed by atoms with Gasteiger partial charge in [0.05, 0.1) is 10.9 Å². The number of ketones is 1. The molecule has 0 bridgehead atoms. The summed E-state index contributed by atoms with van der Waals surface area (Å²) in [4.78, 5) is 11.2. The molecule has 0 radical (unpaired) electrons. The number of hydrogen-bond acceptors (Lipinski definition) is 1. The molecule has 13 heavy (non-hydrogen) atoms. The Hall–Kier alpha value is -0.960. The molecule has 0 saturated carbocycles. The number of alkyl halides is 1. The van der Waals surface area contributed by atoms with Gasteiger partial charge in [0.2, 0.25) is 0 Å². The first kappa shape index (κ1) is 10.1. The molecule has 70 valence electrons. The standard InChI is InChI=1S/C9H7ClF2O/c1-5(10)9(13)7-3-2-6(11)4-8(7)12/h2-5H,1H3. The number of carbonyl (C=O) groups is 1. The van der Waals surface area contributed by atoms with Gasteiger partial charge in [-0.2, -0.15) is 0 Å². The maximum atomic E-state index is 12.9. The smallest absolute Gasteiger partial charge is 0.183 e. The minimum atomic E-state index is -0.877. The van der Waals surface area contributed by atoms with Crippen LogP contribution < -0.4 is 0 Å². The monoisotopic (exact) mass is 204 g/mol. The zero-order chi connectivity index (χ0) is 10.0. The van der Waals surface area contributed by atoms with E-state index in [1.165, 1.54) is 6.92 Å². The summed E-state index contributed by atoms with van der Waals surface area (Å²) in [7, 11) is 0. The van der Waals surface area contributed by atoms with Crippen molar-refractivity contribution in [1.82, 2.24) is 0 Å². The molecule has 0 fully saturated rings. The highest BCUT2D eigenvalue weighted by atomic mass is 35.5. The first-order valence-corrected chi connectivity index (χ1v) is 4.09. The Labute approximate surface area is 79.3 Å². The topological polar surface area (TPSA) is 17.1 Å². The van der Waals surface area contributed by atoms with Gasteiger partial charge in [-0.15, -0.1) is 11.6 Å². The minimum absolute atomic E-state index is 0.177. The van der Waals surface area contributed by atoms with Crippen molar-refractivity contribution < 1.29 is 13.6 Å². The lowest BCUT2D eigenvalue weighted by molar-refractivity contribution is 0.0988. The van der Waals surface area contributed by atoms with Crippen molar-refractivity contribution in [3.05, 3.63) is 35.4 Å². The maximum Gasteiger partial charge on any atom is 0.183 e. The van der Waals surface area contributed by atoms with Crippen LogP contribution in [0.4, 0.5) is 8.78 Å². The lowest BCUT2D eigenvalue weighted by atomic mass is 10.1. The van der Waals surface area contributed by atoms with Crippen LogP contribution in [-0.2, 0) is 0 Å². The minimum Gasteiger partial charge on any atom is -0.292 e. The van der Waals surface area contributed by atoms with Crippen molar-refractivity contribution in [3.8, 4) is 0 Å². The first-order chi connectivity index (χ1) is 6.02. The Morgan fingerprint density at radius 1 is 1.46 bits per heavy atom. The van der Waals surface area contributed by atoms with E-state index in [2.05, 4.69) is 0 Å². The van der Waals surface area contributed by atoms with Gasteiger partial charge in [0.25, 0.3) is 0 Å². The van der Waals surface area contributed by atoms with Gasteiger partial charge >= 0.3 is 0 Å². The fourth-order valence-corrected chi connectivity index (χ4v) is 1.02. The van der Waals surface area contributed by atoms with Crippen LogP contribution in [0.2, 0.25) is 0 Å². The van der Waals surface area contributed by atoms with Gasteiger partial charge in [-0.25, -0.2) is 8.78 Å². The molecule has 0 aliphatic carbocycles. The molecule has 0 spiro atoms. The number of halogens is 3. The summed E-state index contributed by atoms with van der Waals surface area (Å²) >= 11 is 5.46. The average molecular weight is 205 g/mol. The van der Waals surface area contributed by atoms with Gasteiger partial charge in [0.15, 0.2) is 5.78 Å². The number of benzene rings is 1. The molecule has 0 saturated heterocycles. The summed E-state index contributed by atoms with van der Waals surface area (Å²) in [5.41, 5.74) is -0.177. The van der Waals surface area contributed by atoms with Crippen LogP contribution >= 0.6 is 11.6 Å². The van der Waals surface area contributed by atoms with Gasteiger partial charge in [-0.05, 0) is 19.1 Å². The van der Waals surface area contributed by atoms with Crippen LogP contribution in [0.3, 0.4) is 0 Å². The highest BCUT2D eigenvalue weighted by Gasteiger charge is 2.16. The quantitative estimate of drug-likeness (QED) is 0.535. The molecule has 1 nitrogen and oxygen atoms in total. The molecule has 0 heterocycles.